The summed E-state index contributed by atoms with van der Waals surface area (Å²) < 4.78 is 25.2. The molecule has 168 valence electrons. The molecule has 0 aromatic heterocycles. The highest BCUT2D eigenvalue weighted by molar-refractivity contribution is 8.18. The van der Waals surface area contributed by atoms with Crippen LogP contribution in [0.15, 0.2) is 71.6 Å². The van der Waals surface area contributed by atoms with Crippen LogP contribution in [0.3, 0.4) is 0 Å². The predicted octanol–water partition coefficient (Wildman–Crippen LogP) is 6.30. The smallest absolute Gasteiger partial charge is 0.293 e. The Morgan fingerprint density at radius 2 is 1.82 bits per heavy atom. The number of thioether (sulfide) groups is 1. The van der Waals surface area contributed by atoms with Gasteiger partial charge >= 0.3 is 0 Å². The molecule has 0 bridgehead atoms. The van der Waals surface area contributed by atoms with E-state index in [9.17, 15) is 14.0 Å². The zero-order valence-electron chi connectivity index (χ0n) is 17.6. The Labute approximate surface area is 199 Å². The number of hydrogen-bond donors (Lipinski definition) is 0. The number of benzene rings is 3. The third-order valence-electron chi connectivity index (χ3n) is 4.98. The maximum absolute atomic E-state index is 14.1. The van der Waals surface area contributed by atoms with Crippen LogP contribution in [0.1, 0.15) is 16.7 Å². The van der Waals surface area contributed by atoms with Crippen molar-refractivity contribution in [2.75, 3.05) is 7.11 Å². The van der Waals surface area contributed by atoms with E-state index < -0.39 is 5.82 Å². The number of nitrogens with zero attached hydrogens (tertiary/aromatic N) is 1. The van der Waals surface area contributed by atoms with Crippen LogP contribution in [0.25, 0.3) is 6.08 Å². The van der Waals surface area contributed by atoms with Gasteiger partial charge in [-0.3, -0.25) is 14.5 Å². The molecule has 1 fully saturated rings. The Morgan fingerprint density at radius 1 is 1.03 bits per heavy atom. The third-order valence-corrected chi connectivity index (χ3v) is 6.24. The van der Waals surface area contributed by atoms with Crippen molar-refractivity contribution < 1.29 is 23.5 Å². The molecule has 5 nitrogen and oxygen atoms in total. The molecule has 1 saturated heterocycles. The molecule has 3 aromatic carbocycles. The molecule has 4 rings (SSSR count). The predicted molar refractivity (Wildman–Crippen MR) is 127 cm³/mol. The Hall–Kier alpha value is -3.29. The van der Waals surface area contributed by atoms with Gasteiger partial charge in [0.1, 0.15) is 12.4 Å². The lowest BCUT2D eigenvalue weighted by Crippen LogP contribution is -2.27. The summed E-state index contributed by atoms with van der Waals surface area (Å²) in [5.41, 5.74) is 1.73. The number of carbonyl (C=O) groups excluding carboxylic acids is 2. The van der Waals surface area contributed by atoms with Gasteiger partial charge in [0.2, 0.25) is 0 Å². The van der Waals surface area contributed by atoms with Crippen molar-refractivity contribution in [3.8, 4) is 11.5 Å². The number of carbonyl (C=O) groups is 2. The minimum atomic E-state index is -0.468. The first kappa shape index (κ1) is 22.9. The van der Waals surface area contributed by atoms with Crippen molar-refractivity contribution in [3.63, 3.8) is 0 Å². The molecule has 0 saturated carbocycles. The van der Waals surface area contributed by atoms with Crippen LogP contribution in [0.2, 0.25) is 5.02 Å². The van der Waals surface area contributed by atoms with Crippen molar-refractivity contribution in [1.29, 1.82) is 0 Å². The monoisotopic (exact) mass is 483 g/mol. The summed E-state index contributed by atoms with van der Waals surface area (Å²) in [7, 11) is 1.49. The largest absolute Gasteiger partial charge is 0.493 e. The van der Waals surface area contributed by atoms with Gasteiger partial charge < -0.3 is 9.47 Å². The van der Waals surface area contributed by atoms with Gasteiger partial charge in [-0.05, 0) is 53.2 Å². The van der Waals surface area contributed by atoms with Crippen LogP contribution < -0.4 is 9.47 Å². The van der Waals surface area contributed by atoms with Crippen LogP contribution in [-0.4, -0.2) is 23.2 Å². The topological polar surface area (TPSA) is 55.8 Å². The lowest BCUT2D eigenvalue weighted by atomic mass is 10.1. The zero-order valence-corrected chi connectivity index (χ0v) is 19.2. The van der Waals surface area contributed by atoms with Crippen LogP contribution >= 0.6 is 23.4 Å². The van der Waals surface area contributed by atoms with Gasteiger partial charge in [-0.25, -0.2) is 4.39 Å². The van der Waals surface area contributed by atoms with E-state index in [4.69, 9.17) is 21.1 Å². The minimum absolute atomic E-state index is 0.0983. The van der Waals surface area contributed by atoms with Gasteiger partial charge in [0.15, 0.2) is 11.5 Å². The average Bonchev–Trinajstić information content (AvgIpc) is 3.07. The highest BCUT2D eigenvalue weighted by Crippen LogP contribution is 2.35. The molecule has 0 spiro atoms. The maximum atomic E-state index is 14.1. The molecule has 2 amide bonds. The molecule has 0 radical (unpaired) electrons. The van der Waals surface area contributed by atoms with Gasteiger partial charge in [-0.15, -0.1) is 0 Å². The molecule has 8 heteroatoms. The molecular formula is C25H19ClFNO4S. The van der Waals surface area contributed by atoms with Gasteiger partial charge in [-0.1, -0.05) is 54.1 Å². The summed E-state index contributed by atoms with van der Waals surface area (Å²) in [6, 6.07) is 18.8. The number of rotatable bonds is 7. The van der Waals surface area contributed by atoms with E-state index in [0.717, 1.165) is 17.3 Å². The van der Waals surface area contributed by atoms with E-state index in [2.05, 4.69) is 0 Å². The molecular weight excluding hydrogens is 465 g/mol. The van der Waals surface area contributed by atoms with E-state index in [1.807, 2.05) is 30.3 Å². The number of hydrogen-bond acceptors (Lipinski definition) is 5. The number of ether oxygens (including phenoxy) is 2. The lowest BCUT2D eigenvalue weighted by Gasteiger charge is -2.13. The van der Waals surface area contributed by atoms with E-state index in [1.54, 1.807) is 30.3 Å². The van der Waals surface area contributed by atoms with Crippen molar-refractivity contribution >= 4 is 40.6 Å². The maximum Gasteiger partial charge on any atom is 0.293 e. The fourth-order valence-corrected chi connectivity index (χ4v) is 4.33. The SMILES string of the molecule is COc1ccc(/C=C2/SC(=O)N(Cc3ccccc3)C2=O)cc1OCc1c(F)cccc1Cl. The molecule has 0 N–H and O–H groups in total. The molecule has 1 heterocycles. The summed E-state index contributed by atoms with van der Waals surface area (Å²) in [6.45, 7) is 0.113. The zero-order chi connectivity index (χ0) is 23.4. The van der Waals surface area contributed by atoms with Crippen molar-refractivity contribution in [1.82, 2.24) is 4.90 Å². The van der Waals surface area contributed by atoms with Crippen molar-refractivity contribution in [3.05, 3.63) is 99.2 Å². The lowest BCUT2D eigenvalue weighted by molar-refractivity contribution is -0.123. The minimum Gasteiger partial charge on any atom is -0.493 e. The van der Waals surface area contributed by atoms with E-state index in [0.29, 0.717) is 22.0 Å². The van der Waals surface area contributed by atoms with Crippen molar-refractivity contribution in [2.24, 2.45) is 0 Å². The Morgan fingerprint density at radius 3 is 2.55 bits per heavy atom. The summed E-state index contributed by atoms with van der Waals surface area (Å²) in [5, 5.41) is -0.0634. The number of amides is 2. The van der Waals surface area contributed by atoms with E-state index in [-0.39, 0.29) is 34.9 Å². The Balaban J connectivity index is 1.54. The van der Waals surface area contributed by atoms with Gasteiger partial charge in [0.05, 0.1) is 23.6 Å². The molecule has 0 unspecified atom stereocenters. The standard InChI is InChI=1S/C25H19ClFNO4S/c1-31-21-11-10-17(12-22(21)32-15-18-19(26)8-5-9-20(18)27)13-23-24(29)28(25(30)33-23)14-16-6-3-2-4-7-16/h2-13H,14-15H2,1H3/b23-13+. The third kappa shape index (κ3) is 5.21. The molecule has 0 atom stereocenters. The summed E-state index contributed by atoms with van der Waals surface area (Å²) >= 11 is 6.96. The Kier molecular flexibility index (Phi) is 7.01. The second-order valence-electron chi connectivity index (χ2n) is 7.15. The first-order chi connectivity index (χ1) is 16.0. The summed E-state index contributed by atoms with van der Waals surface area (Å²) in [6.07, 6.45) is 1.62. The summed E-state index contributed by atoms with van der Waals surface area (Å²) in [5.74, 6) is -0.0270. The molecule has 33 heavy (non-hydrogen) atoms. The molecule has 1 aliphatic heterocycles. The molecule has 0 aliphatic carbocycles. The van der Waals surface area contributed by atoms with Gasteiger partial charge in [0.25, 0.3) is 11.1 Å². The van der Waals surface area contributed by atoms with E-state index >= 15 is 0 Å². The summed E-state index contributed by atoms with van der Waals surface area (Å²) in [4.78, 5) is 26.8. The highest BCUT2D eigenvalue weighted by atomic mass is 35.5. The first-order valence-electron chi connectivity index (χ1n) is 9.99. The van der Waals surface area contributed by atoms with Crippen LogP contribution in [0.5, 0.6) is 11.5 Å². The fourth-order valence-electron chi connectivity index (χ4n) is 3.27. The van der Waals surface area contributed by atoms with Crippen molar-refractivity contribution in [2.45, 2.75) is 13.2 Å². The average molecular weight is 484 g/mol. The Bertz CT molecular complexity index is 1210. The van der Waals surface area contributed by atoms with Crippen LogP contribution in [-0.2, 0) is 17.9 Å². The number of imide groups is 1. The van der Waals surface area contributed by atoms with Crippen LogP contribution in [0, 0.1) is 5.82 Å². The normalized spacial score (nSPS) is 14.8. The molecule has 1 aliphatic rings. The first-order valence-corrected chi connectivity index (χ1v) is 11.2. The van der Waals surface area contributed by atoms with Crippen LogP contribution in [0.4, 0.5) is 9.18 Å². The highest BCUT2D eigenvalue weighted by Gasteiger charge is 2.35. The quantitative estimate of drug-likeness (QED) is 0.369. The second-order valence-corrected chi connectivity index (χ2v) is 8.55. The second kappa shape index (κ2) is 10.1. The van der Waals surface area contributed by atoms with Gasteiger partial charge in [-0.2, -0.15) is 0 Å². The van der Waals surface area contributed by atoms with Gasteiger partial charge in [0, 0.05) is 5.56 Å². The van der Waals surface area contributed by atoms with E-state index in [1.165, 1.54) is 24.1 Å². The number of methoxy groups -OCH3 is 1. The molecule has 3 aromatic rings. The number of halogens is 2. The fraction of sp³-hybridized carbons (Fsp3) is 0.120.